The summed E-state index contributed by atoms with van der Waals surface area (Å²) in [6, 6.07) is 6.31. The van der Waals surface area contributed by atoms with Crippen LogP contribution in [0.4, 0.5) is 4.39 Å². The Hall–Kier alpha value is -1.46. The monoisotopic (exact) mass is 308 g/mol. The molecular weight excluding hydrogens is 283 g/mol. The van der Waals surface area contributed by atoms with Crippen LogP contribution in [0.5, 0.6) is 0 Å². The van der Waals surface area contributed by atoms with E-state index in [9.17, 15) is 9.18 Å². The molecule has 0 atom stereocenters. The minimum Gasteiger partial charge on any atom is -0.381 e. The molecule has 0 aromatic heterocycles. The van der Waals surface area contributed by atoms with Crippen LogP contribution in [0.25, 0.3) is 0 Å². The Labute approximate surface area is 131 Å². The average Bonchev–Trinajstić information content (AvgIpc) is 2.56. The summed E-state index contributed by atoms with van der Waals surface area (Å²) in [6.45, 7) is 4.73. The second-order valence-corrected chi connectivity index (χ2v) is 5.95. The summed E-state index contributed by atoms with van der Waals surface area (Å²) in [5.41, 5.74) is 6.36. The fourth-order valence-corrected chi connectivity index (χ4v) is 2.94. The first-order chi connectivity index (χ1) is 10.6. The third-order valence-electron chi connectivity index (χ3n) is 4.36. The van der Waals surface area contributed by atoms with E-state index >= 15 is 0 Å². The summed E-state index contributed by atoms with van der Waals surface area (Å²) in [4.78, 5) is 14.9. The number of nitrogens with two attached hydrogens (primary N) is 1. The fourth-order valence-electron chi connectivity index (χ4n) is 2.94. The van der Waals surface area contributed by atoms with Crippen LogP contribution in [0.1, 0.15) is 31.7 Å². The molecule has 0 spiro atoms. The molecule has 122 valence electrons. The number of hydrogen-bond acceptors (Lipinski definition) is 3. The van der Waals surface area contributed by atoms with Crippen molar-refractivity contribution < 1.29 is 13.9 Å². The number of halogens is 1. The van der Waals surface area contributed by atoms with Gasteiger partial charge in [0.2, 0.25) is 5.91 Å². The van der Waals surface area contributed by atoms with Gasteiger partial charge in [-0.15, -0.1) is 0 Å². The lowest BCUT2D eigenvalue weighted by atomic mass is 9.78. The third kappa shape index (κ3) is 3.84. The van der Waals surface area contributed by atoms with E-state index in [1.165, 1.54) is 12.1 Å². The first-order valence-electron chi connectivity index (χ1n) is 7.93. The molecular formula is C17H25FN2O2. The molecule has 1 aliphatic heterocycles. The Morgan fingerprint density at radius 3 is 2.50 bits per heavy atom. The summed E-state index contributed by atoms with van der Waals surface area (Å²) in [7, 11) is 0. The number of amides is 1. The van der Waals surface area contributed by atoms with E-state index in [-0.39, 0.29) is 11.7 Å². The lowest BCUT2D eigenvalue weighted by Gasteiger charge is -2.39. The Morgan fingerprint density at radius 2 is 1.95 bits per heavy atom. The van der Waals surface area contributed by atoms with Crippen molar-refractivity contribution in [2.45, 2.75) is 32.7 Å². The van der Waals surface area contributed by atoms with E-state index in [1.807, 2.05) is 11.8 Å². The van der Waals surface area contributed by atoms with Crippen molar-refractivity contribution in [3.8, 4) is 0 Å². The first kappa shape index (κ1) is 16.9. The normalized spacial score (nSPS) is 17.2. The van der Waals surface area contributed by atoms with Crippen LogP contribution in [-0.2, 0) is 16.1 Å². The Morgan fingerprint density at radius 1 is 1.32 bits per heavy atom. The van der Waals surface area contributed by atoms with E-state index in [2.05, 4.69) is 0 Å². The van der Waals surface area contributed by atoms with Gasteiger partial charge in [-0.05, 0) is 37.0 Å². The molecule has 0 aliphatic carbocycles. The highest BCUT2D eigenvalue weighted by Gasteiger charge is 2.41. The van der Waals surface area contributed by atoms with Crippen LogP contribution in [0.3, 0.4) is 0 Å². The summed E-state index contributed by atoms with van der Waals surface area (Å²) in [6.07, 6.45) is 2.22. The van der Waals surface area contributed by atoms with Gasteiger partial charge in [-0.2, -0.15) is 0 Å². The van der Waals surface area contributed by atoms with Gasteiger partial charge in [0.1, 0.15) is 5.82 Å². The molecule has 0 unspecified atom stereocenters. The van der Waals surface area contributed by atoms with Gasteiger partial charge in [0, 0.05) is 32.8 Å². The predicted molar refractivity (Wildman–Crippen MR) is 83.6 cm³/mol. The molecule has 1 aromatic rings. The van der Waals surface area contributed by atoms with Crippen molar-refractivity contribution in [1.82, 2.24) is 4.90 Å². The maximum absolute atomic E-state index is 13.0. The van der Waals surface area contributed by atoms with Gasteiger partial charge in [0.05, 0.1) is 5.41 Å². The number of hydrogen-bond donors (Lipinski definition) is 1. The summed E-state index contributed by atoms with van der Waals surface area (Å²) in [5.74, 6) is -0.163. The molecule has 22 heavy (non-hydrogen) atoms. The Kier molecular flexibility index (Phi) is 5.91. The zero-order valence-electron chi connectivity index (χ0n) is 13.2. The molecule has 1 fully saturated rings. The maximum atomic E-state index is 13.0. The number of rotatable bonds is 6. The van der Waals surface area contributed by atoms with Crippen molar-refractivity contribution in [2.24, 2.45) is 11.1 Å². The molecule has 0 radical (unpaired) electrons. The lowest BCUT2D eigenvalue weighted by Crippen LogP contribution is -2.50. The van der Waals surface area contributed by atoms with E-state index in [0.717, 1.165) is 12.0 Å². The summed E-state index contributed by atoms with van der Waals surface area (Å²) >= 11 is 0. The van der Waals surface area contributed by atoms with Crippen molar-refractivity contribution in [2.75, 3.05) is 26.3 Å². The topological polar surface area (TPSA) is 55.6 Å². The van der Waals surface area contributed by atoms with Crippen molar-refractivity contribution in [3.63, 3.8) is 0 Å². The van der Waals surface area contributed by atoms with Crippen molar-refractivity contribution in [3.05, 3.63) is 35.6 Å². The zero-order chi connectivity index (χ0) is 16.0. The van der Waals surface area contributed by atoms with Gasteiger partial charge in [-0.3, -0.25) is 4.79 Å². The molecule has 1 saturated heterocycles. The minimum atomic E-state index is -0.506. The minimum absolute atomic E-state index is 0.101. The van der Waals surface area contributed by atoms with Crippen LogP contribution in [0, 0.1) is 11.2 Å². The summed E-state index contributed by atoms with van der Waals surface area (Å²) in [5, 5.41) is 0. The van der Waals surface area contributed by atoms with Crippen LogP contribution in [0.15, 0.2) is 24.3 Å². The van der Waals surface area contributed by atoms with Gasteiger partial charge in [-0.1, -0.05) is 19.1 Å². The number of carbonyl (C=O) groups excluding carboxylic acids is 1. The third-order valence-corrected chi connectivity index (χ3v) is 4.36. The van der Waals surface area contributed by atoms with Crippen LogP contribution in [0.2, 0.25) is 0 Å². The van der Waals surface area contributed by atoms with E-state index in [4.69, 9.17) is 10.5 Å². The molecule has 1 heterocycles. The second-order valence-electron chi connectivity index (χ2n) is 5.95. The van der Waals surface area contributed by atoms with Gasteiger partial charge in [0.25, 0.3) is 0 Å². The van der Waals surface area contributed by atoms with Gasteiger partial charge in [-0.25, -0.2) is 4.39 Å². The van der Waals surface area contributed by atoms with Crippen LogP contribution < -0.4 is 5.73 Å². The first-order valence-corrected chi connectivity index (χ1v) is 7.93. The molecule has 0 bridgehead atoms. The smallest absolute Gasteiger partial charge is 0.230 e. The standard InChI is InChI=1S/C17H25FN2O2/c1-2-9-20(12-14-3-5-15(18)6-4-14)16(21)17(13-19)7-10-22-11-8-17/h3-6H,2,7-13,19H2,1H3. The molecule has 1 aliphatic rings. The fraction of sp³-hybridized carbons (Fsp3) is 0.588. The highest BCUT2D eigenvalue weighted by molar-refractivity contribution is 5.83. The molecule has 2 N–H and O–H groups in total. The second kappa shape index (κ2) is 7.70. The van der Waals surface area contributed by atoms with Crippen molar-refractivity contribution in [1.29, 1.82) is 0 Å². The quantitative estimate of drug-likeness (QED) is 0.877. The highest BCUT2D eigenvalue weighted by Crippen LogP contribution is 2.32. The number of ether oxygens (including phenoxy) is 1. The zero-order valence-corrected chi connectivity index (χ0v) is 13.2. The number of carbonyl (C=O) groups is 1. The SMILES string of the molecule is CCCN(Cc1ccc(F)cc1)C(=O)C1(CN)CCOCC1. The highest BCUT2D eigenvalue weighted by atomic mass is 19.1. The van der Waals surface area contributed by atoms with Gasteiger partial charge >= 0.3 is 0 Å². The largest absolute Gasteiger partial charge is 0.381 e. The molecule has 1 aromatic carbocycles. The molecule has 1 amide bonds. The maximum Gasteiger partial charge on any atom is 0.230 e. The molecule has 5 heteroatoms. The van der Waals surface area contributed by atoms with Gasteiger partial charge in [0.15, 0.2) is 0 Å². The molecule has 4 nitrogen and oxygen atoms in total. The van der Waals surface area contributed by atoms with E-state index < -0.39 is 5.41 Å². The van der Waals surface area contributed by atoms with Crippen LogP contribution in [-0.4, -0.2) is 37.1 Å². The molecule has 0 saturated carbocycles. The Bertz CT molecular complexity index is 484. The van der Waals surface area contributed by atoms with Crippen molar-refractivity contribution >= 4 is 5.91 Å². The number of benzene rings is 1. The summed E-state index contributed by atoms with van der Waals surface area (Å²) < 4.78 is 18.4. The van der Waals surface area contributed by atoms with E-state index in [1.54, 1.807) is 12.1 Å². The molecule has 2 rings (SSSR count). The number of nitrogens with zero attached hydrogens (tertiary/aromatic N) is 1. The lowest BCUT2D eigenvalue weighted by molar-refractivity contribution is -0.148. The average molecular weight is 308 g/mol. The predicted octanol–water partition coefficient (Wildman–Crippen LogP) is 2.32. The van der Waals surface area contributed by atoms with Crippen LogP contribution >= 0.6 is 0 Å². The Balaban J connectivity index is 2.14. The van der Waals surface area contributed by atoms with Gasteiger partial charge < -0.3 is 15.4 Å². The van der Waals surface area contributed by atoms with E-state index in [0.29, 0.717) is 45.7 Å².